The number of aliphatic hydroxyl groups is 1. The summed E-state index contributed by atoms with van der Waals surface area (Å²) in [5, 5.41) is 17.5. The molecule has 64 valence electrons. The first-order valence-corrected chi connectivity index (χ1v) is 3.79. The summed E-state index contributed by atoms with van der Waals surface area (Å²) in [6, 6.07) is -0.118. The van der Waals surface area contributed by atoms with Crippen LogP contribution < -0.4 is 0 Å². The molecule has 0 radical (unpaired) electrons. The highest BCUT2D eigenvalue weighted by atomic mass is 16.4. The van der Waals surface area contributed by atoms with Crippen molar-refractivity contribution in [1.29, 1.82) is 0 Å². The Labute approximate surface area is 65.4 Å². The molecule has 2 atom stereocenters. The minimum absolute atomic E-state index is 0.0589. The SMILES string of the molecule is C[C@@H]1CC[C@@H](CO)N1C(=O)O. The van der Waals surface area contributed by atoms with Gasteiger partial charge in [-0.15, -0.1) is 0 Å². The monoisotopic (exact) mass is 159 g/mol. The summed E-state index contributed by atoms with van der Waals surface area (Å²) in [6.07, 6.45) is 0.718. The van der Waals surface area contributed by atoms with E-state index in [1.54, 1.807) is 0 Å². The number of likely N-dealkylation sites (tertiary alicyclic amines) is 1. The zero-order chi connectivity index (χ0) is 8.43. The van der Waals surface area contributed by atoms with Crippen molar-refractivity contribution in [1.82, 2.24) is 4.90 Å². The molecule has 1 fully saturated rings. The molecule has 11 heavy (non-hydrogen) atoms. The quantitative estimate of drug-likeness (QED) is 0.586. The van der Waals surface area contributed by atoms with Crippen LogP contribution >= 0.6 is 0 Å². The van der Waals surface area contributed by atoms with Crippen molar-refractivity contribution in [3.63, 3.8) is 0 Å². The Bertz CT molecular complexity index is 160. The van der Waals surface area contributed by atoms with Gasteiger partial charge in [-0.25, -0.2) is 4.79 Å². The highest BCUT2D eigenvalue weighted by molar-refractivity contribution is 5.66. The Hall–Kier alpha value is -0.770. The van der Waals surface area contributed by atoms with E-state index in [4.69, 9.17) is 10.2 Å². The molecule has 0 aliphatic carbocycles. The Kier molecular flexibility index (Phi) is 2.34. The Morgan fingerprint density at radius 2 is 2.27 bits per heavy atom. The van der Waals surface area contributed by atoms with Gasteiger partial charge in [-0.2, -0.15) is 0 Å². The molecule has 1 rings (SSSR count). The molecular weight excluding hydrogens is 146 g/mol. The van der Waals surface area contributed by atoms with E-state index in [9.17, 15) is 4.79 Å². The zero-order valence-electron chi connectivity index (χ0n) is 6.53. The van der Waals surface area contributed by atoms with Crippen LogP contribution in [0, 0.1) is 0 Å². The van der Waals surface area contributed by atoms with Gasteiger partial charge in [0, 0.05) is 6.04 Å². The largest absolute Gasteiger partial charge is 0.465 e. The summed E-state index contributed by atoms with van der Waals surface area (Å²) in [5.41, 5.74) is 0. The number of carbonyl (C=O) groups is 1. The highest BCUT2D eigenvalue weighted by Gasteiger charge is 2.33. The first-order chi connectivity index (χ1) is 5.16. The van der Waals surface area contributed by atoms with E-state index in [2.05, 4.69) is 0 Å². The Balaban J connectivity index is 2.63. The van der Waals surface area contributed by atoms with Gasteiger partial charge in [0.15, 0.2) is 0 Å². The van der Waals surface area contributed by atoms with E-state index in [-0.39, 0.29) is 18.7 Å². The second kappa shape index (κ2) is 3.09. The van der Waals surface area contributed by atoms with Gasteiger partial charge in [-0.05, 0) is 19.8 Å². The molecule has 0 aromatic heterocycles. The molecule has 0 spiro atoms. The molecule has 0 saturated carbocycles. The molecule has 0 bridgehead atoms. The Morgan fingerprint density at radius 1 is 1.64 bits per heavy atom. The molecule has 4 heteroatoms. The average molecular weight is 159 g/mol. The van der Waals surface area contributed by atoms with Crippen LogP contribution in [-0.2, 0) is 0 Å². The van der Waals surface area contributed by atoms with Crippen LogP contribution in [0.1, 0.15) is 19.8 Å². The lowest BCUT2D eigenvalue weighted by molar-refractivity contribution is 0.103. The van der Waals surface area contributed by atoms with Crippen molar-refractivity contribution in [2.75, 3.05) is 6.61 Å². The lowest BCUT2D eigenvalue weighted by Gasteiger charge is -2.23. The first-order valence-electron chi connectivity index (χ1n) is 3.79. The fourth-order valence-corrected chi connectivity index (χ4v) is 1.60. The third-order valence-corrected chi connectivity index (χ3v) is 2.22. The van der Waals surface area contributed by atoms with Crippen LogP contribution in [0.2, 0.25) is 0 Å². The van der Waals surface area contributed by atoms with Gasteiger partial charge >= 0.3 is 6.09 Å². The van der Waals surface area contributed by atoms with Gasteiger partial charge in [-0.1, -0.05) is 0 Å². The van der Waals surface area contributed by atoms with Crippen LogP contribution in [0.4, 0.5) is 4.79 Å². The number of rotatable bonds is 1. The van der Waals surface area contributed by atoms with Gasteiger partial charge in [0.1, 0.15) is 0 Å². The number of hydrogen-bond donors (Lipinski definition) is 2. The first kappa shape index (κ1) is 8.33. The van der Waals surface area contributed by atoms with E-state index in [1.165, 1.54) is 4.90 Å². The predicted molar refractivity (Wildman–Crippen MR) is 39.4 cm³/mol. The number of hydrogen-bond acceptors (Lipinski definition) is 2. The fraction of sp³-hybridized carbons (Fsp3) is 0.857. The predicted octanol–water partition coefficient (Wildman–Crippen LogP) is 0.510. The summed E-state index contributed by atoms with van der Waals surface area (Å²) in [6.45, 7) is 1.81. The van der Waals surface area contributed by atoms with E-state index in [0.717, 1.165) is 12.8 Å². The second-order valence-electron chi connectivity index (χ2n) is 2.95. The third kappa shape index (κ3) is 1.45. The van der Waals surface area contributed by atoms with Crippen molar-refractivity contribution >= 4 is 6.09 Å². The van der Waals surface area contributed by atoms with Crippen molar-refractivity contribution in [3.8, 4) is 0 Å². The molecule has 2 N–H and O–H groups in total. The molecule has 1 amide bonds. The summed E-state index contributed by atoms with van der Waals surface area (Å²) in [4.78, 5) is 11.9. The lowest BCUT2D eigenvalue weighted by Crippen LogP contribution is -2.40. The zero-order valence-corrected chi connectivity index (χ0v) is 6.53. The van der Waals surface area contributed by atoms with E-state index >= 15 is 0 Å². The number of nitrogens with zero attached hydrogens (tertiary/aromatic N) is 1. The summed E-state index contributed by atoms with van der Waals surface area (Å²) in [5.74, 6) is 0. The minimum Gasteiger partial charge on any atom is -0.465 e. The Morgan fingerprint density at radius 3 is 2.64 bits per heavy atom. The van der Waals surface area contributed by atoms with Crippen LogP contribution in [0.15, 0.2) is 0 Å². The number of carboxylic acid groups (broad SMARTS) is 1. The molecule has 4 nitrogen and oxygen atoms in total. The van der Waals surface area contributed by atoms with Gasteiger partial charge in [0.25, 0.3) is 0 Å². The topological polar surface area (TPSA) is 60.8 Å². The van der Waals surface area contributed by atoms with Crippen molar-refractivity contribution in [2.24, 2.45) is 0 Å². The van der Waals surface area contributed by atoms with E-state index < -0.39 is 6.09 Å². The summed E-state index contributed by atoms with van der Waals surface area (Å²) < 4.78 is 0. The highest BCUT2D eigenvalue weighted by Crippen LogP contribution is 2.23. The molecule has 0 unspecified atom stereocenters. The average Bonchev–Trinajstić information content (AvgIpc) is 2.30. The minimum atomic E-state index is -0.922. The normalized spacial score (nSPS) is 30.9. The van der Waals surface area contributed by atoms with Crippen molar-refractivity contribution < 1.29 is 15.0 Å². The molecule has 0 aromatic carbocycles. The maximum Gasteiger partial charge on any atom is 0.407 e. The van der Waals surface area contributed by atoms with Crippen LogP contribution in [-0.4, -0.2) is 39.9 Å². The molecule has 1 aliphatic heterocycles. The third-order valence-electron chi connectivity index (χ3n) is 2.22. The van der Waals surface area contributed by atoms with Gasteiger partial charge < -0.3 is 15.1 Å². The van der Waals surface area contributed by atoms with Crippen molar-refractivity contribution in [2.45, 2.75) is 31.8 Å². The van der Waals surface area contributed by atoms with Crippen LogP contribution in [0.3, 0.4) is 0 Å². The van der Waals surface area contributed by atoms with Crippen LogP contribution in [0.25, 0.3) is 0 Å². The van der Waals surface area contributed by atoms with Gasteiger partial charge in [-0.3, -0.25) is 0 Å². The van der Waals surface area contributed by atoms with Crippen LogP contribution in [0.5, 0.6) is 0 Å². The second-order valence-corrected chi connectivity index (χ2v) is 2.95. The molecule has 1 saturated heterocycles. The maximum atomic E-state index is 10.6. The molecule has 1 heterocycles. The summed E-state index contributed by atoms with van der Waals surface area (Å²) >= 11 is 0. The van der Waals surface area contributed by atoms with Crippen molar-refractivity contribution in [3.05, 3.63) is 0 Å². The van der Waals surface area contributed by atoms with Gasteiger partial charge in [0.05, 0.1) is 12.6 Å². The lowest BCUT2D eigenvalue weighted by atomic mass is 10.2. The molecule has 0 aromatic rings. The van der Waals surface area contributed by atoms with E-state index in [1.807, 2.05) is 6.92 Å². The number of amides is 1. The number of aliphatic hydroxyl groups excluding tert-OH is 1. The molecular formula is C7H13NO3. The maximum absolute atomic E-state index is 10.6. The smallest absolute Gasteiger partial charge is 0.407 e. The van der Waals surface area contributed by atoms with E-state index in [0.29, 0.717) is 0 Å². The molecule has 1 aliphatic rings. The summed E-state index contributed by atoms with van der Waals surface area (Å²) in [7, 11) is 0. The standard InChI is InChI=1S/C7H13NO3/c1-5-2-3-6(4-9)8(5)7(10)11/h5-6,9H,2-4H2,1H3,(H,10,11)/t5-,6+/m1/s1. The fourth-order valence-electron chi connectivity index (χ4n) is 1.60. The van der Waals surface area contributed by atoms with Gasteiger partial charge in [0.2, 0.25) is 0 Å².